The quantitative estimate of drug-likeness (QED) is 0.0550. The first-order valence-electron chi connectivity index (χ1n) is 29.3. The minimum Gasteiger partial charge on any atom is -0.391 e. The zero-order valence-electron chi connectivity index (χ0n) is 46.9. The zero-order valence-corrected chi connectivity index (χ0v) is 46.9. The molecule has 0 aromatic heterocycles. The maximum Gasteiger partial charge on any atom is 0.253 e. The second-order valence-electron chi connectivity index (χ2n) is 23.1. The van der Waals surface area contributed by atoms with Gasteiger partial charge in [-0.25, -0.2) is 0 Å². The average molecular weight is 1080 g/mol. The normalized spacial score (nSPS) is 21.1. The first kappa shape index (κ1) is 58.7. The molecule has 79 heavy (non-hydrogen) atoms. The van der Waals surface area contributed by atoms with Gasteiger partial charge in [0.1, 0.15) is 12.1 Å². The van der Waals surface area contributed by atoms with Crippen LogP contribution in [0.15, 0.2) is 109 Å². The molecule has 4 fully saturated rings. The van der Waals surface area contributed by atoms with Crippen LogP contribution in [0, 0.1) is 17.8 Å². The molecule has 424 valence electrons. The molecule has 8 rings (SSSR count). The van der Waals surface area contributed by atoms with Gasteiger partial charge in [-0.1, -0.05) is 137 Å². The number of aliphatic hydroxyl groups excluding tert-OH is 2. The number of nitrogens with zero attached hydrogens (tertiary/aromatic N) is 4. The van der Waals surface area contributed by atoms with E-state index in [4.69, 9.17) is 0 Å². The molecular weight excluding hydrogens is 995 g/mol. The SMILES string of the molecule is CN[C@@H](C)C(=O)N[C@H](C(=O)N1C[C@@H](O)C[C@H]1CN(CCc1ccccc1)C(=O)c1ccc(-c2ccc(C(=O)N(CCc3ccccc3)C[C@@H]3C[C@H](O)CN3C(=O)[C@@H](NC(=O)C(C)C)C3CCCCC3)cc2)cc1)C1CCCCC1. The summed E-state index contributed by atoms with van der Waals surface area (Å²) in [4.78, 5) is 92.0. The fourth-order valence-corrected chi connectivity index (χ4v) is 12.3. The van der Waals surface area contributed by atoms with E-state index in [1.807, 2.05) is 98.8 Å². The third kappa shape index (κ3) is 15.5. The highest BCUT2D eigenvalue weighted by Crippen LogP contribution is 2.33. The first-order valence-corrected chi connectivity index (χ1v) is 29.3. The maximum atomic E-state index is 14.7. The lowest BCUT2D eigenvalue weighted by Crippen LogP contribution is -2.57. The van der Waals surface area contributed by atoms with Crippen LogP contribution >= 0.6 is 0 Å². The van der Waals surface area contributed by atoms with Crippen molar-refractivity contribution in [1.29, 1.82) is 0 Å². The highest BCUT2D eigenvalue weighted by Gasteiger charge is 2.44. The monoisotopic (exact) mass is 1080 g/mol. The standard InChI is InChI=1S/C64H85N7O8/c1-43(2)59(74)66-57(49-21-13-7-14-22-49)63(78)70-41-55(72)37-53(70)39-68(35-33-45-17-9-5-10-18-45)61(76)51-29-25-47(26-30-51)48-27-31-52(32-28-48)62(77)69(36-34-46-19-11-6-12-20-46)40-54-38-56(73)42-71(54)64(79)58(50-23-15-8-16-24-50)67-60(75)44(3)65-4/h5-6,9-12,17-20,25-32,43-44,49-50,53-58,65,72-73H,7-8,13-16,21-24,33-42H2,1-4H3,(H,66,74)(H,67,75)/t44-,53-,54-,55-,56-,57-,58-/m0/s1. The summed E-state index contributed by atoms with van der Waals surface area (Å²) in [6.45, 7) is 6.86. The molecule has 2 aliphatic heterocycles. The summed E-state index contributed by atoms with van der Waals surface area (Å²) in [5.74, 6) is -1.51. The van der Waals surface area contributed by atoms with Gasteiger partial charge in [-0.15, -0.1) is 0 Å². The van der Waals surface area contributed by atoms with Gasteiger partial charge in [0, 0.05) is 56.3 Å². The van der Waals surface area contributed by atoms with E-state index < -0.39 is 42.4 Å². The number of rotatable bonds is 22. The molecule has 0 unspecified atom stereocenters. The summed E-state index contributed by atoms with van der Waals surface area (Å²) in [6, 6.07) is 31.9. The summed E-state index contributed by atoms with van der Waals surface area (Å²) >= 11 is 0. The Morgan fingerprint density at radius 1 is 0.532 bits per heavy atom. The fourth-order valence-electron chi connectivity index (χ4n) is 12.3. The van der Waals surface area contributed by atoms with Gasteiger partial charge >= 0.3 is 0 Å². The fraction of sp³-hybridized carbons (Fsp3) is 0.531. The Kier molecular flexibility index (Phi) is 20.9. The molecule has 5 N–H and O–H groups in total. The number of likely N-dealkylation sites (N-methyl/N-ethyl adjacent to an activating group) is 1. The third-order valence-corrected chi connectivity index (χ3v) is 17.1. The molecule has 0 bridgehead atoms. The summed E-state index contributed by atoms with van der Waals surface area (Å²) in [7, 11) is 1.71. The summed E-state index contributed by atoms with van der Waals surface area (Å²) in [5, 5.41) is 31.3. The lowest BCUT2D eigenvalue weighted by atomic mass is 9.83. The van der Waals surface area contributed by atoms with Gasteiger partial charge < -0.3 is 45.8 Å². The molecule has 2 heterocycles. The molecule has 4 aromatic rings. The van der Waals surface area contributed by atoms with Crippen molar-refractivity contribution in [2.24, 2.45) is 17.8 Å². The molecule has 2 saturated carbocycles. The lowest BCUT2D eigenvalue weighted by Gasteiger charge is -2.36. The van der Waals surface area contributed by atoms with Crippen LogP contribution in [-0.2, 0) is 32.0 Å². The summed E-state index contributed by atoms with van der Waals surface area (Å²) in [6.07, 6.45) is 9.81. The molecule has 6 amide bonds. The maximum absolute atomic E-state index is 14.7. The molecule has 2 aliphatic carbocycles. The van der Waals surface area contributed by atoms with Crippen molar-refractivity contribution >= 4 is 35.4 Å². The molecule has 0 spiro atoms. The molecule has 7 atom stereocenters. The zero-order chi connectivity index (χ0) is 56.0. The van der Waals surface area contributed by atoms with Gasteiger partial charge in [-0.05, 0) is 124 Å². The van der Waals surface area contributed by atoms with Gasteiger partial charge in [-0.2, -0.15) is 0 Å². The number of hydrogen-bond acceptors (Lipinski definition) is 9. The van der Waals surface area contributed by atoms with E-state index in [1.165, 1.54) is 0 Å². The predicted molar refractivity (Wildman–Crippen MR) is 307 cm³/mol. The molecule has 4 aliphatic rings. The van der Waals surface area contributed by atoms with Crippen LogP contribution in [0.5, 0.6) is 0 Å². The van der Waals surface area contributed by atoms with Crippen molar-refractivity contribution in [1.82, 2.24) is 35.6 Å². The van der Waals surface area contributed by atoms with Gasteiger partial charge in [0.05, 0.1) is 30.3 Å². The predicted octanol–water partition coefficient (Wildman–Crippen LogP) is 7.04. The van der Waals surface area contributed by atoms with Crippen LogP contribution in [0.1, 0.15) is 130 Å². The van der Waals surface area contributed by atoms with Gasteiger partial charge in [0.15, 0.2) is 0 Å². The highest BCUT2D eigenvalue weighted by molar-refractivity contribution is 5.96. The van der Waals surface area contributed by atoms with Crippen molar-refractivity contribution in [2.45, 2.75) is 153 Å². The van der Waals surface area contributed by atoms with Gasteiger partial charge in [0.25, 0.3) is 11.8 Å². The number of carbonyl (C=O) groups excluding carboxylic acids is 6. The van der Waals surface area contributed by atoms with Crippen LogP contribution in [0.25, 0.3) is 11.1 Å². The van der Waals surface area contributed by atoms with Crippen LogP contribution in [0.4, 0.5) is 0 Å². The topological polar surface area (TPSA) is 192 Å². The number of hydrogen-bond donors (Lipinski definition) is 5. The number of nitrogens with one attached hydrogen (secondary N) is 3. The second kappa shape index (κ2) is 28.1. The van der Waals surface area contributed by atoms with Crippen molar-refractivity contribution in [3.63, 3.8) is 0 Å². The number of aliphatic hydroxyl groups is 2. The Morgan fingerprint density at radius 3 is 1.28 bits per heavy atom. The number of likely N-dealkylation sites (tertiary alicyclic amines) is 2. The van der Waals surface area contributed by atoms with Crippen molar-refractivity contribution in [3.05, 3.63) is 131 Å². The van der Waals surface area contributed by atoms with Gasteiger partial charge in [0.2, 0.25) is 23.6 Å². The number of amides is 6. The van der Waals surface area contributed by atoms with Crippen LogP contribution < -0.4 is 16.0 Å². The largest absolute Gasteiger partial charge is 0.391 e. The Morgan fingerprint density at radius 2 is 0.911 bits per heavy atom. The summed E-state index contributed by atoms with van der Waals surface area (Å²) < 4.78 is 0. The average Bonchev–Trinajstić information content (AvgIpc) is 4.14. The van der Waals surface area contributed by atoms with E-state index in [0.29, 0.717) is 49.9 Å². The molecule has 0 radical (unpaired) electrons. The highest BCUT2D eigenvalue weighted by atomic mass is 16.3. The molecular formula is C64H85N7O8. The molecule has 15 nitrogen and oxygen atoms in total. The summed E-state index contributed by atoms with van der Waals surface area (Å²) in [5.41, 5.74) is 4.77. The third-order valence-electron chi connectivity index (χ3n) is 17.1. The Bertz CT molecular complexity index is 2640. The van der Waals surface area contributed by atoms with E-state index >= 15 is 0 Å². The molecule has 15 heteroatoms. The van der Waals surface area contributed by atoms with E-state index in [0.717, 1.165) is 86.5 Å². The Labute approximate surface area is 467 Å². The van der Waals surface area contributed by atoms with Crippen LogP contribution in [-0.4, -0.2) is 154 Å². The van der Waals surface area contributed by atoms with Crippen molar-refractivity contribution < 1.29 is 39.0 Å². The van der Waals surface area contributed by atoms with E-state index in [-0.39, 0.29) is 79.4 Å². The Hall–Kier alpha value is -6.42. The molecule has 2 saturated heterocycles. The van der Waals surface area contributed by atoms with Crippen molar-refractivity contribution in [3.8, 4) is 11.1 Å². The minimum atomic E-state index is -0.769. The minimum absolute atomic E-state index is 0.00932. The number of β-amino-alcohol motifs (C(OH)–C–C–N with tert-alkyl or cyclic N) is 2. The van der Waals surface area contributed by atoms with E-state index in [9.17, 15) is 39.0 Å². The lowest BCUT2D eigenvalue weighted by molar-refractivity contribution is -0.140. The smallest absolute Gasteiger partial charge is 0.253 e. The van der Waals surface area contributed by atoms with Gasteiger partial charge in [-0.3, -0.25) is 28.8 Å². The number of carbonyl (C=O) groups is 6. The van der Waals surface area contributed by atoms with E-state index in [2.05, 4.69) is 16.0 Å². The van der Waals surface area contributed by atoms with E-state index in [1.54, 1.807) is 57.8 Å². The Balaban J connectivity index is 0.985. The molecule has 4 aromatic carbocycles. The number of benzene rings is 4. The van der Waals surface area contributed by atoms with Crippen LogP contribution in [0.3, 0.4) is 0 Å². The van der Waals surface area contributed by atoms with Crippen LogP contribution in [0.2, 0.25) is 0 Å². The van der Waals surface area contributed by atoms with Crippen molar-refractivity contribution in [2.75, 3.05) is 46.3 Å². The first-order chi connectivity index (χ1) is 38.2. The second-order valence-corrected chi connectivity index (χ2v) is 23.1.